The summed E-state index contributed by atoms with van der Waals surface area (Å²) in [6.45, 7) is 1.96. The molecule has 140 valence electrons. The number of amides is 1. The van der Waals surface area contributed by atoms with Crippen LogP contribution in [0.3, 0.4) is 0 Å². The van der Waals surface area contributed by atoms with Crippen LogP contribution in [0.25, 0.3) is 11.8 Å². The molecular weight excluding hydrogens is 374 g/mol. The van der Waals surface area contributed by atoms with Crippen LogP contribution in [0.2, 0.25) is 5.02 Å². The summed E-state index contributed by atoms with van der Waals surface area (Å²) in [6, 6.07) is 18.4. The fraction of sp³-hybridized carbons (Fsp3) is 0.0909. The number of hydrogen-bond donors (Lipinski definition) is 1. The van der Waals surface area contributed by atoms with Gasteiger partial charge in [0, 0.05) is 17.6 Å². The van der Waals surface area contributed by atoms with Crippen LogP contribution in [0.1, 0.15) is 11.3 Å². The van der Waals surface area contributed by atoms with Crippen LogP contribution in [-0.2, 0) is 4.79 Å². The van der Waals surface area contributed by atoms with Gasteiger partial charge < -0.3 is 14.6 Å². The highest BCUT2D eigenvalue weighted by molar-refractivity contribution is 6.34. The van der Waals surface area contributed by atoms with Crippen LogP contribution < -0.4 is 10.1 Å². The van der Waals surface area contributed by atoms with Gasteiger partial charge in [0.2, 0.25) is 0 Å². The number of nitrogens with one attached hydrogen (secondary N) is 1. The van der Waals surface area contributed by atoms with Gasteiger partial charge in [0.05, 0.1) is 17.8 Å². The number of aromatic nitrogens is 1. The minimum atomic E-state index is -0.509. The maximum atomic E-state index is 12.5. The van der Waals surface area contributed by atoms with Crippen molar-refractivity contribution in [3.05, 3.63) is 82.6 Å². The Morgan fingerprint density at radius 3 is 2.57 bits per heavy atom. The largest absolute Gasteiger partial charge is 0.497 e. The molecule has 0 radical (unpaired) electrons. The van der Waals surface area contributed by atoms with E-state index in [0.29, 0.717) is 10.7 Å². The SMILES string of the molecule is COc1ccc(-n2cc(/C=C(\C#N)C(=O)Nc3ccccc3Cl)cc2C)cc1. The summed E-state index contributed by atoms with van der Waals surface area (Å²) in [7, 11) is 1.62. The Hall–Kier alpha value is -3.49. The van der Waals surface area contributed by atoms with Crippen molar-refractivity contribution in [2.24, 2.45) is 0 Å². The molecule has 3 aromatic rings. The van der Waals surface area contributed by atoms with Crippen molar-refractivity contribution in [1.82, 2.24) is 4.57 Å². The molecule has 0 saturated heterocycles. The highest BCUT2D eigenvalue weighted by Crippen LogP contribution is 2.23. The molecule has 0 aliphatic rings. The van der Waals surface area contributed by atoms with E-state index < -0.39 is 5.91 Å². The average molecular weight is 392 g/mol. The Kier molecular flexibility index (Phi) is 5.83. The minimum Gasteiger partial charge on any atom is -0.497 e. The lowest BCUT2D eigenvalue weighted by Crippen LogP contribution is -2.13. The van der Waals surface area contributed by atoms with Crippen molar-refractivity contribution in [3.63, 3.8) is 0 Å². The second-order valence-electron chi connectivity index (χ2n) is 6.09. The van der Waals surface area contributed by atoms with Gasteiger partial charge in [-0.15, -0.1) is 0 Å². The molecule has 6 heteroatoms. The Labute approximate surface area is 168 Å². The second kappa shape index (κ2) is 8.47. The van der Waals surface area contributed by atoms with E-state index in [4.69, 9.17) is 16.3 Å². The third kappa shape index (κ3) is 4.25. The summed E-state index contributed by atoms with van der Waals surface area (Å²) < 4.78 is 7.16. The summed E-state index contributed by atoms with van der Waals surface area (Å²) in [5.74, 6) is 0.266. The van der Waals surface area contributed by atoms with E-state index in [-0.39, 0.29) is 5.57 Å². The highest BCUT2D eigenvalue weighted by Gasteiger charge is 2.12. The fourth-order valence-corrected chi connectivity index (χ4v) is 2.95. The number of carbonyl (C=O) groups is 1. The average Bonchev–Trinajstić information content (AvgIpc) is 3.08. The van der Waals surface area contributed by atoms with E-state index in [0.717, 1.165) is 22.7 Å². The number of anilines is 1. The first-order chi connectivity index (χ1) is 13.5. The summed E-state index contributed by atoms with van der Waals surface area (Å²) in [4.78, 5) is 12.5. The number of nitrogens with zero attached hydrogens (tertiary/aromatic N) is 2. The van der Waals surface area contributed by atoms with Crippen LogP contribution >= 0.6 is 11.6 Å². The number of para-hydroxylation sites is 1. The molecule has 1 heterocycles. The number of halogens is 1. The van der Waals surface area contributed by atoms with E-state index in [9.17, 15) is 10.1 Å². The van der Waals surface area contributed by atoms with Crippen LogP contribution in [0.15, 0.2) is 66.4 Å². The maximum Gasteiger partial charge on any atom is 0.266 e. The van der Waals surface area contributed by atoms with E-state index in [2.05, 4.69) is 5.32 Å². The third-order valence-electron chi connectivity index (χ3n) is 4.18. The van der Waals surface area contributed by atoms with Crippen molar-refractivity contribution < 1.29 is 9.53 Å². The third-order valence-corrected chi connectivity index (χ3v) is 4.51. The Bertz CT molecular complexity index is 1080. The van der Waals surface area contributed by atoms with Crippen LogP contribution in [0.5, 0.6) is 5.75 Å². The number of nitriles is 1. The summed E-state index contributed by atoms with van der Waals surface area (Å²) >= 11 is 6.06. The molecule has 0 spiro atoms. The van der Waals surface area contributed by atoms with E-state index >= 15 is 0 Å². The first kappa shape index (κ1) is 19.3. The first-order valence-corrected chi connectivity index (χ1v) is 8.90. The highest BCUT2D eigenvalue weighted by atomic mass is 35.5. The number of carbonyl (C=O) groups excluding carboxylic acids is 1. The van der Waals surface area contributed by atoms with Gasteiger partial charge in [-0.05, 0) is 61.0 Å². The van der Waals surface area contributed by atoms with Gasteiger partial charge in [0.15, 0.2) is 0 Å². The molecule has 0 bridgehead atoms. The summed E-state index contributed by atoms with van der Waals surface area (Å²) in [5, 5.41) is 12.5. The zero-order chi connectivity index (χ0) is 20.1. The molecule has 0 fully saturated rings. The number of ether oxygens (including phenoxy) is 1. The molecule has 0 saturated carbocycles. The quantitative estimate of drug-likeness (QED) is 0.492. The Morgan fingerprint density at radius 2 is 1.93 bits per heavy atom. The van der Waals surface area contributed by atoms with Crippen LogP contribution in [0, 0.1) is 18.3 Å². The predicted octanol–water partition coefficient (Wildman–Crippen LogP) is 4.99. The monoisotopic (exact) mass is 391 g/mol. The van der Waals surface area contributed by atoms with E-state index in [1.54, 1.807) is 37.5 Å². The lowest BCUT2D eigenvalue weighted by Gasteiger charge is -2.07. The van der Waals surface area contributed by atoms with E-state index in [1.165, 1.54) is 0 Å². The Morgan fingerprint density at radius 1 is 1.21 bits per heavy atom. The van der Waals surface area contributed by atoms with Crippen molar-refractivity contribution in [1.29, 1.82) is 5.26 Å². The fourth-order valence-electron chi connectivity index (χ4n) is 2.77. The maximum absolute atomic E-state index is 12.5. The van der Waals surface area contributed by atoms with Crippen LogP contribution in [-0.4, -0.2) is 17.6 Å². The van der Waals surface area contributed by atoms with Gasteiger partial charge in [-0.2, -0.15) is 5.26 Å². The zero-order valence-corrected chi connectivity index (χ0v) is 16.2. The number of methoxy groups -OCH3 is 1. The topological polar surface area (TPSA) is 67.0 Å². The van der Waals surface area contributed by atoms with Crippen molar-refractivity contribution >= 4 is 29.3 Å². The minimum absolute atomic E-state index is 0.00759. The molecule has 28 heavy (non-hydrogen) atoms. The van der Waals surface area contributed by atoms with E-state index in [1.807, 2.05) is 54.1 Å². The second-order valence-corrected chi connectivity index (χ2v) is 6.49. The number of hydrogen-bond acceptors (Lipinski definition) is 3. The molecule has 5 nitrogen and oxygen atoms in total. The standard InChI is InChI=1S/C22H18ClN3O2/c1-15-11-16(14-26(15)18-7-9-19(28-2)10-8-18)12-17(13-24)22(27)25-21-6-4-3-5-20(21)23/h3-12,14H,1-2H3,(H,25,27)/b17-12+. The van der Waals surface area contributed by atoms with Crippen molar-refractivity contribution in [3.8, 4) is 17.5 Å². The lowest BCUT2D eigenvalue weighted by atomic mass is 10.2. The van der Waals surface area contributed by atoms with Gasteiger partial charge in [0.1, 0.15) is 17.4 Å². The lowest BCUT2D eigenvalue weighted by molar-refractivity contribution is -0.112. The number of rotatable bonds is 5. The summed E-state index contributed by atoms with van der Waals surface area (Å²) in [5.41, 5.74) is 3.13. The molecule has 1 amide bonds. The van der Waals surface area contributed by atoms with Crippen molar-refractivity contribution in [2.75, 3.05) is 12.4 Å². The molecule has 0 aliphatic carbocycles. The Balaban J connectivity index is 1.85. The molecule has 0 unspecified atom stereocenters. The van der Waals surface area contributed by atoms with Crippen molar-refractivity contribution in [2.45, 2.75) is 6.92 Å². The zero-order valence-electron chi connectivity index (χ0n) is 15.4. The molecule has 1 N–H and O–H groups in total. The summed E-state index contributed by atoms with van der Waals surface area (Å²) in [6.07, 6.45) is 3.43. The molecule has 0 aliphatic heterocycles. The normalized spacial score (nSPS) is 11.0. The van der Waals surface area contributed by atoms with Gasteiger partial charge in [-0.3, -0.25) is 4.79 Å². The first-order valence-electron chi connectivity index (χ1n) is 8.53. The van der Waals surface area contributed by atoms with Crippen LogP contribution in [0.4, 0.5) is 5.69 Å². The molecule has 0 atom stereocenters. The predicted molar refractivity (Wildman–Crippen MR) is 111 cm³/mol. The molecule has 3 rings (SSSR count). The molecule has 2 aromatic carbocycles. The number of benzene rings is 2. The van der Waals surface area contributed by atoms with Gasteiger partial charge in [0.25, 0.3) is 5.91 Å². The van der Waals surface area contributed by atoms with Gasteiger partial charge in [-0.1, -0.05) is 23.7 Å². The molecular formula is C22H18ClN3O2. The van der Waals surface area contributed by atoms with Gasteiger partial charge in [-0.25, -0.2) is 0 Å². The molecule has 1 aromatic heterocycles. The number of aryl methyl sites for hydroxylation is 1. The smallest absolute Gasteiger partial charge is 0.266 e. The van der Waals surface area contributed by atoms with Gasteiger partial charge >= 0.3 is 0 Å².